The number of carbonyl (C=O) groups is 1. The van der Waals surface area contributed by atoms with Gasteiger partial charge in [0.15, 0.2) is 0 Å². The number of halogens is 3. The monoisotopic (exact) mass is 369 g/mol. The van der Waals surface area contributed by atoms with Crippen LogP contribution in [-0.2, 0) is 11.0 Å². The summed E-state index contributed by atoms with van der Waals surface area (Å²) in [4.78, 5) is 13.8. The van der Waals surface area contributed by atoms with E-state index in [1.54, 1.807) is 19.3 Å². The highest BCUT2D eigenvalue weighted by Crippen LogP contribution is 2.34. The molecule has 0 unspecified atom stereocenters. The van der Waals surface area contributed by atoms with Crippen molar-refractivity contribution in [2.45, 2.75) is 6.18 Å². The molecule has 1 aromatic heterocycles. The molecule has 1 fully saturated rings. The summed E-state index contributed by atoms with van der Waals surface area (Å²) in [5, 5.41) is 6.73. The van der Waals surface area contributed by atoms with Gasteiger partial charge < -0.3 is 0 Å². The minimum absolute atomic E-state index is 0.218. The molecule has 0 aliphatic carbocycles. The Labute approximate surface area is 144 Å². The maximum atomic E-state index is 12.6. The third kappa shape index (κ3) is 3.09. The topological polar surface area (TPSA) is 49.0 Å². The first-order chi connectivity index (χ1) is 11.3. The molecule has 1 aliphatic heterocycles. The lowest BCUT2D eigenvalue weighted by Crippen LogP contribution is -2.22. The molecule has 2 aromatic rings. The van der Waals surface area contributed by atoms with Crippen LogP contribution >= 0.6 is 24.0 Å². The average Bonchev–Trinajstić information content (AvgIpc) is 3.08. The van der Waals surface area contributed by atoms with Gasteiger partial charge in [0.2, 0.25) is 0 Å². The molecule has 0 atom stereocenters. The molecule has 24 heavy (non-hydrogen) atoms. The van der Waals surface area contributed by atoms with Crippen molar-refractivity contribution < 1.29 is 18.0 Å². The summed E-state index contributed by atoms with van der Waals surface area (Å²) in [7, 11) is 1.59. The van der Waals surface area contributed by atoms with Crippen molar-refractivity contribution in [1.29, 1.82) is 0 Å². The molecular formula is C15H10F3N3OS2. The Morgan fingerprint density at radius 3 is 2.50 bits per heavy atom. The van der Waals surface area contributed by atoms with E-state index in [-0.39, 0.29) is 5.91 Å². The number of thioether (sulfide) groups is 1. The summed E-state index contributed by atoms with van der Waals surface area (Å²) in [6.45, 7) is 0. The highest BCUT2D eigenvalue weighted by molar-refractivity contribution is 8.26. The number of thiocarbonyl (C=S) groups is 1. The van der Waals surface area contributed by atoms with Gasteiger partial charge in [0.05, 0.1) is 16.2 Å². The van der Waals surface area contributed by atoms with Crippen molar-refractivity contribution in [3.63, 3.8) is 0 Å². The fourth-order valence-electron chi connectivity index (χ4n) is 2.14. The van der Waals surface area contributed by atoms with E-state index in [0.29, 0.717) is 26.0 Å². The van der Waals surface area contributed by atoms with Gasteiger partial charge in [-0.3, -0.25) is 14.8 Å². The van der Waals surface area contributed by atoms with E-state index in [9.17, 15) is 18.0 Å². The Hall–Kier alpha value is -2.13. The number of aromatic amines is 1. The SMILES string of the molecule is CN1C(=O)/C(=C/c2c[nH]nc2-c2ccc(C(F)(F)F)cc2)SC1=S. The second-order valence-electron chi connectivity index (χ2n) is 5.01. The normalized spacial score (nSPS) is 17.2. The van der Waals surface area contributed by atoms with E-state index in [2.05, 4.69) is 10.2 Å². The molecule has 1 saturated heterocycles. The van der Waals surface area contributed by atoms with E-state index in [4.69, 9.17) is 12.2 Å². The van der Waals surface area contributed by atoms with Crippen molar-refractivity contribution >= 4 is 40.3 Å². The lowest BCUT2D eigenvalue weighted by Gasteiger charge is -2.07. The van der Waals surface area contributed by atoms with Gasteiger partial charge in [-0.2, -0.15) is 18.3 Å². The predicted octanol–water partition coefficient (Wildman–Crippen LogP) is 3.93. The third-order valence-corrected chi connectivity index (χ3v) is 4.91. The van der Waals surface area contributed by atoms with Gasteiger partial charge >= 0.3 is 6.18 Å². The van der Waals surface area contributed by atoms with Gasteiger partial charge in [-0.1, -0.05) is 36.1 Å². The molecule has 2 heterocycles. The van der Waals surface area contributed by atoms with Crippen molar-refractivity contribution in [2.75, 3.05) is 7.05 Å². The van der Waals surface area contributed by atoms with Crippen LogP contribution in [0.25, 0.3) is 17.3 Å². The summed E-state index contributed by atoms with van der Waals surface area (Å²) in [6.07, 6.45) is -1.18. The number of amides is 1. The highest BCUT2D eigenvalue weighted by atomic mass is 32.2. The molecule has 9 heteroatoms. The maximum absolute atomic E-state index is 12.6. The van der Waals surface area contributed by atoms with Crippen LogP contribution in [0.1, 0.15) is 11.1 Å². The Bertz CT molecular complexity index is 840. The number of aromatic nitrogens is 2. The zero-order chi connectivity index (χ0) is 17.5. The molecule has 1 amide bonds. The van der Waals surface area contributed by atoms with Crippen molar-refractivity contribution in [3.05, 3.63) is 46.5 Å². The number of alkyl halides is 3. The first kappa shape index (κ1) is 16.7. The van der Waals surface area contributed by atoms with Crippen molar-refractivity contribution in [3.8, 4) is 11.3 Å². The first-order valence-corrected chi connectivity index (χ1v) is 7.93. The van der Waals surface area contributed by atoms with Gasteiger partial charge in [0.25, 0.3) is 5.91 Å². The quantitative estimate of drug-likeness (QED) is 0.644. The largest absolute Gasteiger partial charge is 0.416 e. The third-order valence-electron chi connectivity index (χ3n) is 3.43. The lowest BCUT2D eigenvalue weighted by molar-refractivity contribution is -0.137. The molecule has 3 rings (SSSR count). The van der Waals surface area contributed by atoms with Crippen LogP contribution in [0.2, 0.25) is 0 Å². The second-order valence-corrected chi connectivity index (χ2v) is 6.68. The summed E-state index contributed by atoms with van der Waals surface area (Å²) in [6, 6.07) is 4.70. The number of rotatable bonds is 2. The fourth-order valence-corrected chi connectivity index (χ4v) is 3.31. The van der Waals surface area contributed by atoms with Crippen molar-refractivity contribution in [2.24, 2.45) is 0 Å². The zero-order valence-electron chi connectivity index (χ0n) is 12.2. The number of hydrogen-bond acceptors (Lipinski definition) is 4. The smallest absolute Gasteiger partial charge is 0.296 e. The number of nitrogens with zero attached hydrogens (tertiary/aromatic N) is 2. The molecular weight excluding hydrogens is 359 g/mol. The molecule has 124 valence electrons. The zero-order valence-corrected chi connectivity index (χ0v) is 13.9. The minimum atomic E-state index is -4.39. The highest BCUT2D eigenvalue weighted by Gasteiger charge is 2.31. The Morgan fingerprint density at radius 1 is 1.29 bits per heavy atom. The van der Waals surface area contributed by atoms with Gasteiger partial charge in [0, 0.05) is 24.4 Å². The Balaban J connectivity index is 1.94. The van der Waals surface area contributed by atoms with Gasteiger partial charge in [-0.05, 0) is 18.2 Å². The van der Waals surface area contributed by atoms with Crippen LogP contribution in [-0.4, -0.2) is 32.4 Å². The molecule has 0 saturated carbocycles. The van der Waals surface area contributed by atoms with Crippen molar-refractivity contribution in [1.82, 2.24) is 15.1 Å². The van der Waals surface area contributed by atoms with Crippen LogP contribution < -0.4 is 0 Å². The summed E-state index contributed by atoms with van der Waals surface area (Å²) in [5.41, 5.74) is 0.853. The minimum Gasteiger partial charge on any atom is -0.296 e. The van der Waals surface area contributed by atoms with Crippen LogP contribution in [0, 0.1) is 0 Å². The maximum Gasteiger partial charge on any atom is 0.416 e. The summed E-state index contributed by atoms with van der Waals surface area (Å²) >= 11 is 6.23. The number of carbonyl (C=O) groups excluding carboxylic acids is 1. The number of nitrogens with one attached hydrogen (secondary N) is 1. The summed E-state index contributed by atoms with van der Waals surface area (Å²) < 4.78 is 38.4. The number of benzene rings is 1. The number of likely N-dealkylation sites (N-methyl/N-ethyl adjacent to an activating group) is 1. The van der Waals surface area contributed by atoms with Crippen LogP contribution in [0.4, 0.5) is 13.2 Å². The first-order valence-electron chi connectivity index (χ1n) is 6.70. The molecule has 1 aromatic carbocycles. The molecule has 4 nitrogen and oxygen atoms in total. The van der Waals surface area contributed by atoms with E-state index >= 15 is 0 Å². The Morgan fingerprint density at radius 2 is 1.96 bits per heavy atom. The fraction of sp³-hybridized carbons (Fsp3) is 0.133. The predicted molar refractivity (Wildman–Crippen MR) is 90.0 cm³/mol. The standard InChI is InChI=1S/C15H10F3N3OS2/c1-21-13(22)11(24-14(21)23)6-9-7-19-20-12(9)8-2-4-10(5-3-8)15(16,17)18/h2-7H,1H3,(H,19,20)/b11-6-. The Kier molecular flexibility index (Phi) is 4.22. The lowest BCUT2D eigenvalue weighted by atomic mass is 10.1. The van der Waals surface area contributed by atoms with Crippen LogP contribution in [0.3, 0.4) is 0 Å². The van der Waals surface area contributed by atoms with E-state index in [1.165, 1.54) is 28.8 Å². The average molecular weight is 369 g/mol. The molecule has 1 N–H and O–H groups in total. The summed E-state index contributed by atoms with van der Waals surface area (Å²) in [5.74, 6) is -0.218. The second kappa shape index (κ2) is 6.06. The van der Waals surface area contributed by atoms with Crippen LogP contribution in [0.15, 0.2) is 35.4 Å². The van der Waals surface area contributed by atoms with E-state index < -0.39 is 11.7 Å². The van der Waals surface area contributed by atoms with Gasteiger partial charge in [0.1, 0.15) is 4.32 Å². The molecule has 0 spiro atoms. The number of hydrogen-bond donors (Lipinski definition) is 1. The van der Waals surface area contributed by atoms with E-state index in [0.717, 1.165) is 12.1 Å². The molecule has 0 radical (unpaired) electrons. The number of H-pyrrole nitrogens is 1. The molecule has 1 aliphatic rings. The van der Waals surface area contributed by atoms with E-state index in [1.807, 2.05) is 0 Å². The molecule has 0 bridgehead atoms. The van der Waals surface area contributed by atoms with Crippen LogP contribution in [0.5, 0.6) is 0 Å². The van der Waals surface area contributed by atoms with Gasteiger partial charge in [-0.25, -0.2) is 0 Å². The van der Waals surface area contributed by atoms with Gasteiger partial charge in [-0.15, -0.1) is 0 Å².